The van der Waals surface area contributed by atoms with E-state index in [0.29, 0.717) is 12.0 Å². The molecule has 0 fully saturated rings. The SMILES string of the molecule is O=C1CCN(S(=O)(=O)O)CCc2ccccc21. The van der Waals surface area contributed by atoms with Crippen molar-refractivity contribution < 1.29 is 17.8 Å². The average molecular weight is 255 g/mol. The molecule has 6 heteroatoms. The van der Waals surface area contributed by atoms with E-state index in [1.165, 1.54) is 0 Å². The predicted octanol–water partition coefficient (Wildman–Crippen LogP) is 0.920. The molecule has 5 nitrogen and oxygen atoms in total. The summed E-state index contributed by atoms with van der Waals surface area (Å²) >= 11 is 0. The molecule has 2 rings (SSSR count). The van der Waals surface area contributed by atoms with Crippen LogP contribution in [0.5, 0.6) is 0 Å². The first-order chi connectivity index (χ1) is 7.98. The van der Waals surface area contributed by atoms with Crippen molar-refractivity contribution >= 4 is 16.1 Å². The average Bonchev–Trinajstić information content (AvgIpc) is 2.24. The zero-order valence-corrected chi connectivity index (χ0v) is 9.98. The molecule has 0 unspecified atom stereocenters. The highest BCUT2D eigenvalue weighted by atomic mass is 32.2. The number of nitrogens with zero attached hydrogens (tertiary/aromatic N) is 1. The number of benzene rings is 1. The van der Waals surface area contributed by atoms with Gasteiger partial charge >= 0.3 is 10.3 Å². The fraction of sp³-hybridized carbons (Fsp3) is 0.364. The summed E-state index contributed by atoms with van der Waals surface area (Å²) in [6, 6.07) is 7.16. The second-order valence-corrected chi connectivity index (χ2v) is 5.37. The van der Waals surface area contributed by atoms with Gasteiger partial charge in [-0.1, -0.05) is 24.3 Å². The minimum Gasteiger partial charge on any atom is -0.294 e. The third kappa shape index (κ3) is 2.71. The monoisotopic (exact) mass is 255 g/mol. The second-order valence-electron chi connectivity index (χ2n) is 3.96. The lowest BCUT2D eigenvalue weighted by Crippen LogP contribution is -2.35. The molecule has 92 valence electrons. The number of hydrogen-bond acceptors (Lipinski definition) is 3. The Bertz CT molecular complexity index is 538. The van der Waals surface area contributed by atoms with Crippen molar-refractivity contribution in [1.82, 2.24) is 4.31 Å². The predicted molar refractivity (Wildman–Crippen MR) is 62.2 cm³/mol. The molecule has 0 bridgehead atoms. The molecular weight excluding hydrogens is 242 g/mol. The molecule has 0 atom stereocenters. The van der Waals surface area contributed by atoms with Gasteiger partial charge in [0.25, 0.3) is 0 Å². The van der Waals surface area contributed by atoms with Crippen LogP contribution in [-0.2, 0) is 16.7 Å². The van der Waals surface area contributed by atoms with Crippen LogP contribution in [0.25, 0.3) is 0 Å². The second kappa shape index (κ2) is 4.56. The highest BCUT2D eigenvalue weighted by Gasteiger charge is 2.23. The molecule has 1 aliphatic heterocycles. The number of ketones is 1. The molecule has 0 aromatic heterocycles. The van der Waals surface area contributed by atoms with Crippen LogP contribution in [0.4, 0.5) is 0 Å². The lowest BCUT2D eigenvalue weighted by atomic mass is 9.98. The Morgan fingerprint density at radius 2 is 1.76 bits per heavy atom. The summed E-state index contributed by atoms with van der Waals surface area (Å²) in [6.45, 7) is 0.231. The first kappa shape index (κ1) is 12.2. The van der Waals surface area contributed by atoms with Gasteiger partial charge in [0.1, 0.15) is 0 Å². The Morgan fingerprint density at radius 1 is 1.12 bits per heavy atom. The largest absolute Gasteiger partial charge is 0.335 e. The summed E-state index contributed by atoms with van der Waals surface area (Å²) in [4.78, 5) is 11.8. The van der Waals surface area contributed by atoms with Gasteiger partial charge in [-0.15, -0.1) is 0 Å². The molecule has 1 heterocycles. The van der Waals surface area contributed by atoms with Crippen LogP contribution in [0, 0.1) is 0 Å². The topological polar surface area (TPSA) is 74.7 Å². The van der Waals surface area contributed by atoms with Crippen molar-refractivity contribution in [2.75, 3.05) is 13.1 Å². The Kier molecular flexibility index (Phi) is 3.28. The maximum absolute atomic E-state index is 11.8. The molecule has 0 radical (unpaired) electrons. The van der Waals surface area contributed by atoms with E-state index in [1.54, 1.807) is 18.2 Å². The lowest BCUT2D eigenvalue weighted by molar-refractivity contribution is 0.0971. The lowest BCUT2D eigenvalue weighted by Gasteiger charge is -2.21. The zero-order valence-electron chi connectivity index (χ0n) is 9.17. The molecule has 0 amide bonds. The van der Waals surface area contributed by atoms with Crippen molar-refractivity contribution in [3.8, 4) is 0 Å². The molecule has 1 aromatic rings. The van der Waals surface area contributed by atoms with Gasteiger partial charge in [0.05, 0.1) is 0 Å². The summed E-state index contributed by atoms with van der Waals surface area (Å²) < 4.78 is 32.0. The molecule has 1 aromatic carbocycles. The van der Waals surface area contributed by atoms with E-state index >= 15 is 0 Å². The van der Waals surface area contributed by atoms with Gasteiger partial charge < -0.3 is 0 Å². The van der Waals surface area contributed by atoms with Gasteiger partial charge in [-0.25, -0.2) is 0 Å². The number of fused-ring (bicyclic) bond motifs is 1. The summed E-state index contributed by atoms with van der Waals surface area (Å²) in [5.74, 6) is -0.0889. The Morgan fingerprint density at radius 3 is 2.47 bits per heavy atom. The van der Waals surface area contributed by atoms with Gasteiger partial charge in [-0.05, 0) is 12.0 Å². The first-order valence-electron chi connectivity index (χ1n) is 5.32. The summed E-state index contributed by atoms with van der Waals surface area (Å²) in [5.41, 5.74) is 1.48. The summed E-state index contributed by atoms with van der Waals surface area (Å²) in [5, 5.41) is 0. The molecule has 17 heavy (non-hydrogen) atoms. The molecule has 0 spiro atoms. The molecule has 1 aliphatic rings. The third-order valence-electron chi connectivity index (χ3n) is 2.86. The van der Waals surface area contributed by atoms with Gasteiger partial charge in [0.15, 0.2) is 5.78 Å². The molecule has 0 saturated carbocycles. The van der Waals surface area contributed by atoms with Crippen molar-refractivity contribution in [2.24, 2.45) is 0 Å². The Hall–Kier alpha value is -1.24. The number of hydrogen-bond donors (Lipinski definition) is 1. The van der Waals surface area contributed by atoms with Crippen LogP contribution in [0.2, 0.25) is 0 Å². The van der Waals surface area contributed by atoms with Gasteiger partial charge in [0.2, 0.25) is 0 Å². The van der Waals surface area contributed by atoms with Crippen LogP contribution < -0.4 is 0 Å². The fourth-order valence-electron chi connectivity index (χ4n) is 1.96. The third-order valence-corrected chi connectivity index (χ3v) is 3.88. The van der Waals surface area contributed by atoms with E-state index in [4.69, 9.17) is 4.55 Å². The fourth-order valence-corrected chi connectivity index (χ4v) is 2.60. The van der Waals surface area contributed by atoms with Gasteiger partial charge in [-0.3, -0.25) is 9.35 Å². The minimum atomic E-state index is -4.21. The van der Waals surface area contributed by atoms with Crippen molar-refractivity contribution in [2.45, 2.75) is 12.8 Å². The van der Waals surface area contributed by atoms with Crippen molar-refractivity contribution in [3.63, 3.8) is 0 Å². The maximum Gasteiger partial charge on any atom is 0.335 e. The van der Waals surface area contributed by atoms with Crippen LogP contribution in [0.15, 0.2) is 24.3 Å². The number of Topliss-reactive ketones (excluding diaryl/α,β-unsaturated/α-hetero) is 1. The van der Waals surface area contributed by atoms with Crippen molar-refractivity contribution in [3.05, 3.63) is 35.4 Å². The normalized spacial score (nSPS) is 18.3. The van der Waals surface area contributed by atoms with Gasteiger partial charge in [0, 0.05) is 25.1 Å². The van der Waals surface area contributed by atoms with Crippen LogP contribution in [0.3, 0.4) is 0 Å². The smallest absolute Gasteiger partial charge is 0.294 e. The highest BCUT2D eigenvalue weighted by molar-refractivity contribution is 7.83. The number of carbonyl (C=O) groups is 1. The zero-order chi connectivity index (χ0) is 12.5. The Balaban J connectivity index is 2.31. The quantitative estimate of drug-likeness (QED) is 0.757. The molecule has 1 N–H and O–H groups in total. The Labute approximate surface area is 99.9 Å². The van der Waals surface area contributed by atoms with Crippen LogP contribution in [0.1, 0.15) is 22.3 Å². The van der Waals surface area contributed by atoms with Crippen LogP contribution >= 0.6 is 0 Å². The highest BCUT2D eigenvalue weighted by Crippen LogP contribution is 2.17. The number of carbonyl (C=O) groups excluding carboxylic acids is 1. The molecule has 0 aliphatic carbocycles. The molecule has 0 saturated heterocycles. The molecular formula is C11H13NO4S. The van der Waals surface area contributed by atoms with Crippen LogP contribution in [-0.4, -0.2) is 36.1 Å². The van der Waals surface area contributed by atoms with E-state index < -0.39 is 10.3 Å². The van der Waals surface area contributed by atoms with Gasteiger partial charge in [-0.2, -0.15) is 12.7 Å². The maximum atomic E-state index is 11.8. The van der Waals surface area contributed by atoms with Crippen molar-refractivity contribution in [1.29, 1.82) is 0 Å². The minimum absolute atomic E-state index is 0.0337. The van der Waals surface area contributed by atoms with E-state index in [2.05, 4.69) is 0 Å². The van der Waals surface area contributed by atoms with E-state index in [-0.39, 0.29) is 25.3 Å². The standard InChI is InChI=1S/C11H13NO4S/c13-11-6-8-12(17(14,15)16)7-5-9-3-1-2-4-10(9)11/h1-4H,5-8H2,(H,14,15,16). The number of rotatable bonds is 1. The van der Waals surface area contributed by atoms with E-state index in [1.807, 2.05) is 6.07 Å². The van der Waals surface area contributed by atoms with E-state index in [0.717, 1.165) is 9.87 Å². The first-order valence-corrected chi connectivity index (χ1v) is 6.72. The van der Waals surface area contributed by atoms with E-state index in [9.17, 15) is 13.2 Å². The summed E-state index contributed by atoms with van der Waals surface area (Å²) in [7, 11) is -4.21. The summed E-state index contributed by atoms with van der Waals surface area (Å²) in [6.07, 6.45) is 0.526.